The lowest BCUT2D eigenvalue weighted by Gasteiger charge is -2.06. The molecule has 0 amide bonds. The fraction of sp³-hybridized carbons (Fsp3) is 0.200. The Labute approximate surface area is 87.0 Å². The SMILES string of the molecule is OCCOc1cccc(-n2cnnc2)c1. The number of benzene rings is 1. The van der Waals surface area contributed by atoms with Crippen LogP contribution in [0.4, 0.5) is 0 Å². The molecule has 1 aromatic carbocycles. The molecule has 0 radical (unpaired) electrons. The molecule has 0 atom stereocenters. The van der Waals surface area contributed by atoms with Crippen molar-refractivity contribution in [2.75, 3.05) is 13.2 Å². The van der Waals surface area contributed by atoms with Crippen LogP contribution in [0.15, 0.2) is 36.9 Å². The van der Waals surface area contributed by atoms with Gasteiger partial charge in [0.15, 0.2) is 0 Å². The first-order valence-corrected chi connectivity index (χ1v) is 4.59. The van der Waals surface area contributed by atoms with Gasteiger partial charge in [-0.2, -0.15) is 0 Å². The minimum Gasteiger partial charge on any atom is -0.491 e. The van der Waals surface area contributed by atoms with Gasteiger partial charge in [-0.25, -0.2) is 0 Å². The van der Waals surface area contributed by atoms with Crippen molar-refractivity contribution in [3.8, 4) is 11.4 Å². The van der Waals surface area contributed by atoms with Gasteiger partial charge in [-0.15, -0.1) is 10.2 Å². The van der Waals surface area contributed by atoms with E-state index in [0.29, 0.717) is 6.61 Å². The van der Waals surface area contributed by atoms with E-state index in [1.807, 2.05) is 24.3 Å². The molecule has 0 saturated heterocycles. The Morgan fingerprint density at radius 3 is 2.80 bits per heavy atom. The molecule has 5 nitrogen and oxygen atoms in total. The predicted molar refractivity (Wildman–Crippen MR) is 53.9 cm³/mol. The third kappa shape index (κ3) is 2.32. The molecule has 0 aliphatic rings. The van der Waals surface area contributed by atoms with Crippen LogP contribution in [0, 0.1) is 0 Å². The standard InChI is InChI=1S/C10H11N3O2/c14-4-5-15-10-3-1-2-9(6-10)13-7-11-12-8-13/h1-3,6-8,14H,4-5H2. The quantitative estimate of drug-likeness (QED) is 0.795. The molecule has 0 spiro atoms. The Bertz CT molecular complexity index is 414. The monoisotopic (exact) mass is 205 g/mol. The van der Waals surface area contributed by atoms with E-state index in [-0.39, 0.29) is 6.61 Å². The highest BCUT2D eigenvalue weighted by molar-refractivity contribution is 5.38. The summed E-state index contributed by atoms with van der Waals surface area (Å²) >= 11 is 0. The average molecular weight is 205 g/mol. The molecule has 2 aromatic rings. The number of aromatic nitrogens is 3. The largest absolute Gasteiger partial charge is 0.491 e. The van der Waals surface area contributed by atoms with Crippen LogP contribution in [0.5, 0.6) is 5.75 Å². The normalized spacial score (nSPS) is 10.2. The zero-order chi connectivity index (χ0) is 10.5. The number of aliphatic hydroxyl groups excluding tert-OH is 1. The molecular weight excluding hydrogens is 194 g/mol. The maximum Gasteiger partial charge on any atom is 0.123 e. The van der Waals surface area contributed by atoms with Crippen molar-refractivity contribution >= 4 is 0 Å². The number of rotatable bonds is 4. The van der Waals surface area contributed by atoms with Gasteiger partial charge in [0, 0.05) is 6.07 Å². The number of hydrogen-bond acceptors (Lipinski definition) is 4. The van der Waals surface area contributed by atoms with E-state index in [9.17, 15) is 0 Å². The van der Waals surface area contributed by atoms with Gasteiger partial charge in [0.05, 0.1) is 12.3 Å². The number of hydrogen-bond donors (Lipinski definition) is 1. The molecule has 15 heavy (non-hydrogen) atoms. The Morgan fingerprint density at radius 1 is 1.27 bits per heavy atom. The lowest BCUT2D eigenvalue weighted by molar-refractivity contribution is 0.201. The van der Waals surface area contributed by atoms with Crippen molar-refractivity contribution in [3.05, 3.63) is 36.9 Å². The second-order valence-electron chi connectivity index (χ2n) is 2.94. The van der Waals surface area contributed by atoms with E-state index in [0.717, 1.165) is 11.4 Å². The minimum absolute atomic E-state index is 0.0108. The van der Waals surface area contributed by atoms with Crippen LogP contribution in [0.25, 0.3) is 5.69 Å². The second kappa shape index (κ2) is 4.56. The Morgan fingerprint density at radius 2 is 2.07 bits per heavy atom. The molecule has 0 saturated carbocycles. The first-order valence-electron chi connectivity index (χ1n) is 4.59. The molecule has 0 aliphatic carbocycles. The molecule has 5 heteroatoms. The summed E-state index contributed by atoms with van der Waals surface area (Å²) in [6, 6.07) is 7.50. The Hall–Kier alpha value is -1.88. The lowest BCUT2D eigenvalue weighted by Crippen LogP contribution is -2.02. The smallest absolute Gasteiger partial charge is 0.123 e. The van der Waals surface area contributed by atoms with Gasteiger partial charge in [-0.05, 0) is 12.1 Å². The molecule has 0 bridgehead atoms. The van der Waals surface area contributed by atoms with E-state index in [1.165, 1.54) is 0 Å². The molecule has 1 aromatic heterocycles. The molecular formula is C10H11N3O2. The number of ether oxygens (including phenoxy) is 1. The van der Waals surface area contributed by atoms with Crippen LogP contribution in [-0.2, 0) is 0 Å². The summed E-state index contributed by atoms with van der Waals surface area (Å²) in [4.78, 5) is 0. The van der Waals surface area contributed by atoms with Crippen LogP contribution in [-0.4, -0.2) is 33.1 Å². The third-order valence-electron chi connectivity index (χ3n) is 1.89. The molecule has 78 valence electrons. The Kier molecular flexibility index (Phi) is 2.94. The van der Waals surface area contributed by atoms with E-state index in [4.69, 9.17) is 9.84 Å². The van der Waals surface area contributed by atoms with Crippen molar-refractivity contribution in [1.29, 1.82) is 0 Å². The summed E-state index contributed by atoms with van der Waals surface area (Å²) in [6.07, 6.45) is 3.23. The minimum atomic E-state index is 0.0108. The van der Waals surface area contributed by atoms with Gasteiger partial charge in [-0.3, -0.25) is 4.57 Å². The maximum atomic E-state index is 8.63. The molecule has 0 unspecified atom stereocenters. The van der Waals surface area contributed by atoms with Gasteiger partial charge >= 0.3 is 0 Å². The fourth-order valence-corrected chi connectivity index (χ4v) is 1.23. The summed E-state index contributed by atoms with van der Waals surface area (Å²) in [7, 11) is 0. The highest BCUT2D eigenvalue weighted by atomic mass is 16.5. The summed E-state index contributed by atoms with van der Waals surface area (Å²) in [5, 5.41) is 16.1. The third-order valence-corrected chi connectivity index (χ3v) is 1.89. The highest BCUT2D eigenvalue weighted by Gasteiger charge is 1.98. The number of nitrogens with zero attached hydrogens (tertiary/aromatic N) is 3. The average Bonchev–Trinajstić information content (AvgIpc) is 2.80. The summed E-state index contributed by atoms with van der Waals surface area (Å²) in [5.74, 6) is 0.718. The van der Waals surface area contributed by atoms with E-state index >= 15 is 0 Å². The van der Waals surface area contributed by atoms with E-state index in [2.05, 4.69) is 10.2 Å². The van der Waals surface area contributed by atoms with Gasteiger partial charge in [0.25, 0.3) is 0 Å². The molecule has 1 N–H and O–H groups in total. The van der Waals surface area contributed by atoms with Gasteiger partial charge in [0.1, 0.15) is 25.0 Å². The van der Waals surface area contributed by atoms with E-state index in [1.54, 1.807) is 17.2 Å². The molecule has 0 fully saturated rings. The maximum absolute atomic E-state index is 8.63. The van der Waals surface area contributed by atoms with Gasteiger partial charge < -0.3 is 9.84 Å². The predicted octanol–water partition coefficient (Wildman–Crippen LogP) is 0.638. The van der Waals surface area contributed by atoms with Crippen molar-refractivity contribution in [3.63, 3.8) is 0 Å². The second-order valence-corrected chi connectivity index (χ2v) is 2.94. The van der Waals surface area contributed by atoms with E-state index < -0.39 is 0 Å². The molecule has 0 aliphatic heterocycles. The van der Waals surface area contributed by atoms with Crippen molar-refractivity contribution in [2.24, 2.45) is 0 Å². The van der Waals surface area contributed by atoms with Crippen LogP contribution < -0.4 is 4.74 Å². The van der Waals surface area contributed by atoms with Crippen molar-refractivity contribution in [1.82, 2.24) is 14.8 Å². The summed E-state index contributed by atoms with van der Waals surface area (Å²) in [5.41, 5.74) is 0.926. The number of aliphatic hydroxyl groups is 1. The van der Waals surface area contributed by atoms with Crippen LogP contribution in [0.1, 0.15) is 0 Å². The zero-order valence-electron chi connectivity index (χ0n) is 8.08. The topological polar surface area (TPSA) is 60.2 Å². The summed E-state index contributed by atoms with van der Waals surface area (Å²) in [6.45, 7) is 0.308. The van der Waals surface area contributed by atoms with Gasteiger partial charge in [-0.1, -0.05) is 6.07 Å². The summed E-state index contributed by atoms with van der Waals surface area (Å²) < 4.78 is 7.07. The molecule has 2 rings (SSSR count). The van der Waals surface area contributed by atoms with Crippen molar-refractivity contribution in [2.45, 2.75) is 0 Å². The van der Waals surface area contributed by atoms with Gasteiger partial charge in [0.2, 0.25) is 0 Å². The fourth-order valence-electron chi connectivity index (χ4n) is 1.23. The van der Waals surface area contributed by atoms with Crippen LogP contribution in [0.3, 0.4) is 0 Å². The van der Waals surface area contributed by atoms with Crippen LogP contribution in [0.2, 0.25) is 0 Å². The first-order chi connectivity index (χ1) is 7.40. The Balaban J connectivity index is 2.19. The lowest BCUT2D eigenvalue weighted by atomic mass is 10.3. The zero-order valence-corrected chi connectivity index (χ0v) is 8.08. The van der Waals surface area contributed by atoms with Crippen LogP contribution >= 0.6 is 0 Å². The highest BCUT2D eigenvalue weighted by Crippen LogP contribution is 2.15. The molecule has 1 heterocycles. The van der Waals surface area contributed by atoms with Crippen molar-refractivity contribution < 1.29 is 9.84 Å². The first kappa shape index (κ1) is 9.67.